The van der Waals surface area contributed by atoms with Crippen LogP contribution >= 0.6 is 0 Å². The molecule has 0 aromatic carbocycles. The van der Waals surface area contributed by atoms with Gasteiger partial charge in [0, 0.05) is 39.9 Å². The number of hydrogen-bond donors (Lipinski definition) is 2. The van der Waals surface area contributed by atoms with Gasteiger partial charge >= 0.3 is 97.2 Å². The highest BCUT2D eigenvalue weighted by atomic mass is 19.4. The van der Waals surface area contributed by atoms with Crippen molar-refractivity contribution in [2.45, 2.75) is 174 Å². The van der Waals surface area contributed by atoms with E-state index in [0.717, 1.165) is 13.8 Å². The minimum Gasteiger partial charge on any atom is -0.462 e. The van der Waals surface area contributed by atoms with E-state index in [4.69, 9.17) is 10.2 Å². The molecule has 0 fully saturated rings. The fraction of sp³-hybridized carbons (Fsp3) is 0.623. The minimum atomic E-state index is -6.08. The first-order valence-corrected chi connectivity index (χ1v) is 25.1. The summed E-state index contributed by atoms with van der Waals surface area (Å²) in [5.41, 5.74) is -13.9. The predicted octanol–water partition coefficient (Wildman–Crippen LogP) is 13.0. The number of rotatable bonds is 22. The highest BCUT2D eigenvalue weighted by Gasteiger charge is 2.79. The summed E-state index contributed by atoms with van der Waals surface area (Å²) in [7, 11) is 0. The first-order chi connectivity index (χ1) is 41.7. The largest absolute Gasteiger partial charge is 0.462 e. The van der Waals surface area contributed by atoms with Gasteiger partial charge in [-0.15, -0.1) is 0 Å². The number of carbonyl (C=O) groups excluding carboxylic acids is 8. The highest BCUT2D eigenvalue weighted by Crippen LogP contribution is 2.51. The molecular formula is C53H66F24O18. The second kappa shape index (κ2) is 40.1. The van der Waals surface area contributed by atoms with Gasteiger partial charge < -0.3 is 48.1 Å². The molecule has 2 atom stereocenters. The summed E-state index contributed by atoms with van der Waals surface area (Å²) in [5, 5.41) is 18.2. The van der Waals surface area contributed by atoms with Gasteiger partial charge in [0.15, 0.2) is 31.5 Å². The van der Waals surface area contributed by atoms with Crippen molar-refractivity contribution in [3.63, 3.8) is 0 Å². The molecule has 42 heteroatoms. The van der Waals surface area contributed by atoms with Crippen molar-refractivity contribution in [1.82, 2.24) is 0 Å². The Morgan fingerprint density at radius 3 is 1.03 bits per heavy atom. The van der Waals surface area contributed by atoms with Gasteiger partial charge in [-0.2, -0.15) is 105 Å². The zero-order valence-corrected chi connectivity index (χ0v) is 51.6. The number of alkyl halides is 24. The maximum atomic E-state index is 12.7. The maximum absolute atomic E-state index is 12.7. The van der Waals surface area contributed by atoms with Crippen molar-refractivity contribution in [3.8, 4) is 0 Å². The smallest absolute Gasteiger partial charge is 0.430 e. The monoisotopic (exact) mass is 1450 g/mol. The summed E-state index contributed by atoms with van der Waals surface area (Å²) in [6.07, 6.45) is -49.8. The Bertz CT molecular complexity index is 2570. The van der Waals surface area contributed by atoms with Gasteiger partial charge in [0.1, 0.15) is 25.7 Å². The van der Waals surface area contributed by atoms with Crippen molar-refractivity contribution in [1.29, 1.82) is 0 Å². The average molecular weight is 1450 g/mol. The second-order valence-electron chi connectivity index (χ2n) is 19.8. The van der Waals surface area contributed by atoms with E-state index in [1.807, 2.05) is 0 Å². The topological polar surface area (TPSA) is 251 Å². The maximum Gasteiger partial charge on any atom is 0.430 e. The lowest BCUT2D eigenvalue weighted by Crippen LogP contribution is -2.69. The quantitative estimate of drug-likeness (QED) is 0.0336. The molecular weight excluding hydrogens is 1380 g/mol. The number of carbonyl (C=O) groups is 8. The number of hydrogen-bond acceptors (Lipinski definition) is 18. The summed E-state index contributed by atoms with van der Waals surface area (Å²) in [6, 6.07) is 0. The SMILES string of the molecule is C=C(C)C(=O)OC(C)(C)C(O)(C(F)(F)F)C(F)(F)F.C=C(C)C(=O)OC(C)C(F)(F)F.C=C(C)C(=O)OC(CC(C)C)CC(O)(C(F)(F)F)C(F)(F)F.C=C(C)C(=O)OCC(=O)OCC(F)(F)F.C=C(C)C(=O)OCC(F)(F)F.C=C(C)C(=O)OCCOC(=O)CC(F)(F)F. The third-order valence-electron chi connectivity index (χ3n) is 9.35. The van der Waals surface area contributed by atoms with Gasteiger partial charge in [-0.05, 0) is 74.7 Å². The van der Waals surface area contributed by atoms with Crippen LogP contribution in [0.4, 0.5) is 105 Å². The molecule has 95 heavy (non-hydrogen) atoms. The first-order valence-electron chi connectivity index (χ1n) is 25.1. The van der Waals surface area contributed by atoms with Crippen LogP contribution in [0.25, 0.3) is 0 Å². The van der Waals surface area contributed by atoms with E-state index in [1.165, 1.54) is 48.5 Å². The summed E-state index contributed by atoms with van der Waals surface area (Å²) in [6.45, 7) is 26.2. The number of halogens is 24. The van der Waals surface area contributed by atoms with E-state index in [0.29, 0.717) is 13.8 Å². The molecule has 554 valence electrons. The molecule has 0 saturated carbocycles. The molecule has 0 amide bonds. The predicted molar refractivity (Wildman–Crippen MR) is 276 cm³/mol. The Morgan fingerprint density at radius 1 is 0.400 bits per heavy atom. The Kier molecular flexibility index (Phi) is 41.6. The van der Waals surface area contributed by atoms with Crippen LogP contribution in [-0.2, 0) is 76.3 Å². The zero-order valence-electron chi connectivity index (χ0n) is 51.6. The van der Waals surface area contributed by atoms with Crippen molar-refractivity contribution in [2.75, 3.05) is 33.0 Å². The van der Waals surface area contributed by atoms with Crippen molar-refractivity contribution in [3.05, 3.63) is 72.9 Å². The molecule has 0 aliphatic heterocycles. The number of aliphatic hydroxyl groups is 2. The van der Waals surface area contributed by atoms with Crippen LogP contribution < -0.4 is 0 Å². The number of esters is 8. The summed E-state index contributed by atoms with van der Waals surface area (Å²) >= 11 is 0. The van der Waals surface area contributed by atoms with Gasteiger partial charge in [0.05, 0.1) is 0 Å². The molecule has 18 nitrogen and oxygen atoms in total. The summed E-state index contributed by atoms with van der Waals surface area (Å²) in [4.78, 5) is 86.0. The third kappa shape index (κ3) is 43.9. The third-order valence-corrected chi connectivity index (χ3v) is 9.35. The minimum absolute atomic E-state index is 0.0404. The zero-order chi connectivity index (χ0) is 77.6. The lowest BCUT2D eigenvalue weighted by Gasteiger charge is -2.43. The molecule has 0 aromatic heterocycles. The van der Waals surface area contributed by atoms with Gasteiger partial charge in [0.25, 0.3) is 11.2 Å². The van der Waals surface area contributed by atoms with E-state index < -0.39 is 171 Å². The Morgan fingerprint density at radius 2 is 0.726 bits per heavy atom. The molecule has 0 heterocycles. The van der Waals surface area contributed by atoms with Crippen molar-refractivity contribution >= 4 is 47.8 Å². The number of ether oxygens (including phenoxy) is 8. The van der Waals surface area contributed by atoms with Crippen LogP contribution in [0.1, 0.15) is 95.4 Å². The molecule has 2 unspecified atom stereocenters. The summed E-state index contributed by atoms with van der Waals surface area (Å²) in [5.74, 6) is -9.21. The van der Waals surface area contributed by atoms with Crippen LogP contribution in [0.15, 0.2) is 72.9 Å². The van der Waals surface area contributed by atoms with Gasteiger partial charge in [-0.25, -0.2) is 33.6 Å². The molecule has 0 aliphatic rings. The van der Waals surface area contributed by atoms with E-state index in [1.54, 1.807) is 0 Å². The summed E-state index contributed by atoms with van der Waals surface area (Å²) < 4.78 is 324. The molecule has 0 rings (SSSR count). The fourth-order valence-electron chi connectivity index (χ4n) is 4.59. The van der Waals surface area contributed by atoms with Crippen LogP contribution in [0.5, 0.6) is 0 Å². The molecule has 0 saturated heterocycles. The standard InChI is InChI=1S/C13H18F6O3.C10H12F6O3.C9H11F3O4.C8H9F3O4.C7H9F3O2.C6H7F3O2/c1-7(2)5-9(22-10(20)8(3)4)6-11(21,12(14,15)16)13(17,18)19;1-5(2)6(17)19-7(3,4)8(18,9(11,12)13)10(14,15)16;1-6(2)8(14)16-4-3-15-7(13)5-9(10,11)12;1-5(2)7(13)14-3-6(12)15-4-8(9,10)11;1-4(2)6(11)12-5(3)7(8,9)10;1-4(2)5(10)11-3-6(7,8)9/h7,9,21H,3,5-6H2,1-2,4H3;18H,1H2,2-4H3;1,3-5H2,2H3;1,3-4H2,2H3;5H,1H2,2-3H3;1,3H2,2H3. The van der Waals surface area contributed by atoms with Crippen LogP contribution in [0.2, 0.25) is 0 Å². The Labute approximate surface area is 524 Å². The van der Waals surface area contributed by atoms with E-state index in [2.05, 4.69) is 77.4 Å². The van der Waals surface area contributed by atoms with Crippen LogP contribution in [0.3, 0.4) is 0 Å². The molecule has 0 aromatic rings. The lowest BCUT2D eigenvalue weighted by atomic mass is 9.84. The van der Waals surface area contributed by atoms with Gasteiger partial charge in [-0.3, -0.25) is 4.79 Å². The fourth-order valence-corrected chi connectivity index (χ4v) is 4.59. The molecule has 2 N–H and O–H groups in total. The van der Waals surface area contributed by atoms with Crippen molar-refractivity contribution < 1.29 is 192 Å². The molecule has 0 bridgehead atoms. The van der Waals surface area contributed by atoms with E-state index in [-0.39, 0.29) is 46.8 Å². The van der Waals surface area contributed by atoms with E-state index >= 15 is 0 Å². The normalized spacial score (nSPS) is 12.8. The van der Waals surface area contributed by atoms with Gasteiger partial charge in [0.2, 0.25) is 0 Å². The van der Waals surface area contributed by atoms with Gasteiger partial charge in [-0.1, -0.05) is 53.3 Å². The molecule has 0 spiro atoms. The second-order valence-corrected chi connectivity index (χ2v) is 19.8. The molecule has 0 radical (unpaired) electrons. The van der Waals surface area contributed by atoms with E-state index in [9.17, 15) is 144 Å². The molecule has 0 aliphatic carbocycles. The lowest BCUT2D eigenvalue weighted by molar-refractivity contribution is -0.407. The van der Waals surface area contributed by atoms with Crippen LogP contribution in [0, 0.1) is 5.92 Å². The Balaban J connectivity index is -0.000000254. The van der Waals surface area contributed by atoms with Crippen molar-refractivity contribution in [2.24, 2.45) is 5.92 Å². The first kappa shape index (κ1) is 98.5. The average Bonchev–Trinajstić information content (AvgIpc) is 0.740. The van der Waals surface area contributed by atoms with Crippen LogP contribution in [-0.4, -0.2) is 169 Å². The Hall–Kier alpha value is -7.56. The highest BCUT2D eigenvalue weighted by molar-refractivity contribution is 5.89.